The Balaban J connectivity index is 2.01. The van der Waals surface area contributed by atoms with Crippen LogP contribution in [0.25, 0.3) is 0 Å². The third-order valence-corrected chi connectivity index (χ3v) is 4.26. The summed E-state index contributed by atoms with van der Waals surface area (Å²) in [5.41, 5.74) is 0.404. The molecule has 0 saturated carbocycles. The molecule has 1 aromatic rings. The Morgan fingerprint density at radius 2 is 2.04 bits per heavy atom. The van der Waals surface area contributed by atoms with Crippen LogP contribution in [0.4, 0.5) is 0 Å². The summed E-state index contributed by atoms with van der Waals surface area (Å²) in [6, 6.07) is 6.91. The van der Waals surface area contributed by atoms with Gasteiger partial charge in [-0.15, -0.1) is 0 Å². The number of hydrogen-bond donors (Lipinski definition) is 1. The molecule has 7 heteroatoms. The first-order valence-corrected chi connectivity index (χ1v) is 8.42. The molecule has 1 fully saturated rings. The van der Waals surface area contributed by atoms with Crippen molar-refractivity contribution in [3.8, 4) is 5.75 Å². The van der Waals surface area contributed by atoms with Crippen LogP contribution in [-0.4, -0.2) is 66.0 Å². The van der Waals surface area contributed by atoms with E-state index < -0.39 is 11.9 Å². The molecule has 1 aliphatic heterocycles. The van der Waals surface area contributed by atoms with E-state index in [9.17, 15) is 14.4 Å². The average Bonchev–Trinajstić information content (AvgIpc) is 2.61. The van der Waals surface area contributed by atoms with Crippen LogP contribution in [0.1, 0.15) is 30.1 Å². The molecule has 0 aromatic heterocycles. The zero-order chi connectivity index (χ0) is 18.4. The third-order valence-electron chi connectivity index (χ3n) is 4.26. The molecule has 1 aromatic carbocycles. The fraction of sp³-hybridized carbons (Fsp3) is 0.500. The van der Waals surface area contributed by atoms with Gasteiger partial charge in [0.1, 0.15) is 5.75 Å². The van der Waals surface area contributed by atoms with Gasteiger partial charge >= 0.3 is 5.97 Å². The van der Waals surface area contributed by atoms with Gasteiger partial charge in [0, 0.05) is 20.1 Å². The standard InChI is InChI=1S/C18H24N2O5/c1-3-25-15-9-5-4-8-14(15)17(22)19(2)12-16(21)20-10-6-7-13(11-20)18(23)24/h4-5,8-9,13H,3,6-7,10-12H2,1-2H3,(H,23,24). The van der Waals surface area contributed by atoms with Crippen LogP contribution in [0, 0.1) is 5.92 Å². The predicted octanol–water partition coefficient (Wildman–Crippen LogP) is 1.48. The van der Waals surface area contributed by atoms with Crippen molar-refractivity contribution >= 4 is 17.8 Å². The Kier molecular flexibility index (Phi) is 6.38. The van der Waals surface area contributed by atoms with E-state index in [0.717, 1.165) is 0 Å². The van der Waals surface area contributed by atoms with E-state index >= 15 is 0 Å². The van der Waals surface area contributed by atoms with Gasteiger partial charge in [-0.25, -0.2) is 0 Å². The van der Waals surface area contributed by atoms with Crippen molar-refractivity contribution in [2.75, 3.05) is 33.3 Å². The second kappa shape index (κ2) is 8.50. The molecule has 7 nitrogen and oxygen atoms in total. The topological polar surface area (TPSA) is 87.2 Å². The Morgan fingerprint density at radius 3 is 2.72 bits per heavy atom. The van der Waals surface area contributed by atoms with E-state index in [1.54, 1.807) is 31.3 Å². The Morgan fingerprint density at radius 1 is 1.32 bits per heavy atom. The fourth-order valence-corrected chi connectivity index (χ4v) is 2.91. The van der Waals surface area contributed by atoms with Crippen molar-refractivity contribution in [1.29, 1.82) is 0 Å². The molecule has 136 valence electrons. The Labute approximate surface area is 147 Å². The van der Waals surface area contributed by atoms with E-state index in [2.05, 4.69) is 0 Å². The number of carbonyl (C=O) groups is 3. The van der Waals surface area contributed by atoms with Crippen LogP contribution in [-0.2, 0) is 9.59 Å². The largest absolute Gasteiger partial charge is 0.493 e. The fourth-order valence-electron chi connectivity index (χ4n) is 2.91. The molecule has 2 rings (SSSR count). The number of carboxylic acids is 1. The number of nitrogens with zero attached hydrogens (tertiary/aromatic N) is 2. The van der Waals surface area contributed by atoms with Crippen molar-refractivity contribution in [2.24, 2.45) is 5.92 Å². The lowest BCUT2D eigenvalue weighted by Crippen LogP contribution is -2.46. The van der Waals surface area contributed by atoms with Crippen molar-refractivity contribution in [3.63, 3.8) is 0 Å². The number of likely N-dealkylation sites (tertiary alicyclic amines) is 1. The second-order valence-electron chi connectivity index (χ2n) is 6.11. The number of carbonyl (C=O) groups excluding carboxylic acids is 2. The second-order valence-corrected chi connectivity index (χ2v) is 6.11. The number of carboxylic acid groups (broad SMARTS) is 1. The molecule has 1 N–H and O–H groups in total. The summed E-state index contributed by atoms with van der Waals surface area (Å²) in [5.74, 6) is -1.47. The zero-order valence-electron chi connectivity index (χ0n) is 14.6. The molecule has 1 aliphatic rings. The minimum absolute atomic E-state index is 0.0916. The van der Waals surface area contributed by atoms with Crippen LogP contribution in [0.2, 0.25) is 0 Å². The number of likely N-dealkylation sites (N-methyl/N-ethyl adjacent to an activating group) is 1. The average molecular weight is 348 g/mol. The first-order valence-electron chi connectivity index (χ1n) is 8.42. The summed E-state index contributed by atoms with van der Waals surface area (Å²) >= 11 is 0. The first-order chi connectivity index (χ1) is 11.9. The number of benzene rings is 1. The zero-order valence-corrected chi connectivity index (χ0v) is 14.6. The summed E-state index contributed by atoms with van der Waals surface area (Å²) in [7, 11) is 1.56. The highest BCUT2D eigenvalue weighted by Gasteiger charge is 2.29. The van der Waals surface area contributed by atoms with Gasteiger partial charge in [0.05, 0.1) is 24.6 Å². The molecular weight excluding hydrogens is 324 g/mol. The molecule has 1 unspecified atom stereocenters. The maximum absolute atomic E-state index is 12.6. The maximum atomic E-state index is 12.6. The van der Waals surface area contributed by atoms with Gasteiger partial charge in [-0.2, -0.15) is 0 Å². The Hall–Kier alpha value is -2.57. The summed E-state index contributed by atoms with van der Waals surface area (Å²) in [6.45, 7) is 2.92. The van der Waals surface area contributed by atoms with Gasteiger partial charge in [-0.3, -0.25) is 14.4 Å². The summed E-state index contributed by atoms with van der Waals surface area (Å²) in [6.07, 6.45) is 1.24. The smallest absolute Gasteiger partial charge is 0.308 e. The van der Waals surface area contributed by atoms with E-state index in [4.69, 9.17) is 9.84 Å². The van der Waals surface area contributed by atoms with E-state index in [1.807, 2.05) is 6.92 Å². The lowest BCUT2D eigenvalue weighted by Gasteiger charge is -2.32. The first kappa shape index (κ1) is 18.8. The van der Waals surface area contributed by atoms with Crippen LogP contribution < -0.4 is 4.74 Å². The van der Waals surface area contributed by atoms with Gasteiger partial charge in [0.2, 0.25) is 5.91 Å². The lowest BCUT2D eigenvalue weighted by atomic mass is 9.98. The van der Waals surface area contributed by atoms with Crippen molar-refractivity contribution < 1.29 is 24.2 Å². The lowest BCUT2D eigenvalue weighted by molar-refractivity contribution is -0.145. The molecule has 0 aliphatic carbocycles. The molecule has 0 bridgehead atoms. The van der Waals surface area contributed by atoms with Crippen molar-refractivity contribution in [2.45, 2.75) is 19.8 Å². The van der Waals surface area contributed by atoms with Gasteiger partial charge in [-0.05, 0) is 31.9 Å². The summed E-state index contributed by atoms with van der Waals surface area (Å²) < 4.78 is 5.46. The van der Waals surface area contributed by atoms with E-state index in [0.29, 0.717) is 37.3 Å². The molecule has 1 atom stereocenters. The summed E-state index contributed by atoms with van der Waals surface area (Å²) in [4.78, 5) is 39.0. The number of aliphatic carboxylic acids is 1. The molecule has 25 heavy (non-hydrogen) atoms. The minimum atomic E-state index is -0.882. The number of hydrogen-bond acceptors (Lipinski definition) is 4. The van der Waals surface area contributed by atoms with Crippen LogP contribution in [0.5, 0.6) is 5.75 Å². The number of para-hydroxylation sites is 1. The van der Waals surface area contributed by atoms with Gasteiger partial charge < -0.3 is 19.6 Å². The molecule has 0 radical (unpaired) electrons. The highest BCUT2D eigenvalue weighted by atomic mass is 16.5. The van der Waals surface area contributed by atoms with E-state index in [1.165, 1.54) is 9.80 Å². The number of amides is 2. The number of rotatable bonds is 6. The minimum Gasteiger partial charge on any atom is -0.493 e. The molecule has 0 spiro atoms. The van der Waals surface area contributed by atoms with Gasteiger partial charge in [0.25, 0.3) is 5.91 Å². The molecule has 2 amide bonds. The molecule has 1 heterocycles. The van der Waals surface area contributed by atoms with Crippen molar-refractivity contribution in [1.82, 2.24) is 9.80 Å². The quantitative estimate of drug-likeness (QED) is 0.841. The van der Waals surface area contributed by atoms with E-state index in [-0.39, 0.29) is 24.9 Å². The predicted molar refractivity (Wildman–Crippen MR) is 91.5 cm³/mol. The van der Waals surface area contributed by atoms with Crippen molar-refractivity contribution in [3.05, 3.63) is 29.8 Å². The van der Waals surface area contributed by atoms with Gasteiger partial charge in [-0.1, -0.05) is 12.1 Å². The highest BCUT2D eigenvalue weighted by molar-refractivity contribution is 5.98. The van der Waals surface area contributed by atoms with Gasteiger partial charge in [0.15, 0.2) is 0 Å². The number of ether oxygens (including phenoxy) is 1. The van der Waals surface area contributed by atoms with Crippen LogP contribution >= 0.6 is 0 Å². The Bertz CT molecular complexity index is 646. The molecular formula is C18H24N2O5. The highest BCUT2D eigenvalue weighted by Crippen LogP contribution is 2.20. The third kappa shape index (κ3) is 4.71. The SMILES string of the molecule is CCOc1ccccc1C(=O)N(C)CC(=O)N1CCCC(C(=O)O)C1. The number of piperidine rings is 1. The van der Waals surface area contributed by atoms with Crippen LogP contribution in [0.15, 0.2) is 24.3 Å². The van der Waals surface area contributed by atoms with Crippen LogP contribution in [0.3, 0.4) is 0 Å². The summed E-state index contributed by atoms with van der Waals surface area (Å²) in [5, 5.41) is 9.12. The normalized spacial score (nSPS) is 17.0. The maximum Gasteiger partial charge on any atom is 0.308 e. The molecule has 1 saturated heterocycles. The monoisotopic (exact) mass is 348 g/mol.